The van der Waals surface area contributed by atoms with Crippen molar-refractivity contribution in [2.45, 2.75) is 51.5 Å². The Morgan fingerprint density at radius 3 is 2.48 bits per heavy atom. The molecular weight excluding hydrogens is 340 g/mol. The van der Waals surface area contributed by atoms with Gasteiger partial charge in [0.2, 0.25) is 15.9 Å². The first-order valence-electron chi connectivity index (χ1n) is 8.68. The number of hydrogen-bond donors (Lipinski definition) is 1. The third-order valence-electron chi connectivity index (χ3n) is 4.69. The van der Waals surface area contributed by atoms with Crippen molar-refractivity contribution in [3.05, 3.63) is 35.9 Å². The molecule has 1 saturated heterocycles. The van der Waals surface area contributed by atoms with Crippen molar-refractivity contribution in [2.75, 3.05) is 12.3 Å². The van der Waals surface area contributed by atoms with Crippen LogP contribution >= 0.6 is 0 Å². The molecule has 0 saturated carbocycles. The summed E-state index contributed by atoms with van der Waals surface area (Å²) in [4.78, 5) is 26.4. The minimum atomic E-state index is -3.64. The van der Waals surface area contributed by atoms with Crippen LogP contribution in [0.25, 0.3) is 0 Å². The topological polar surface area (TPSA) is 83.6 Å². The number of nitrogens with zero attached hydrogens (tertiary/aromatic N) is 1. The predicted molar refractivity (Wildman–Crippen MR) is 96.3 cm³/mol. The molecule has 7 heteroatoms. The van der Waals surface area contributed by atoms with Crippen molar-refractivity contribution in [3.8, 4) is 0 Å². The van der Waals surface area contributed by atoms with E-state index < -0.39 is 21.5 Å². The predicted octanol–water partition coefficient (Wildman–Crippen LogP) is 1.86. The number of rotatable bonds is 8. The van der Waals surface area contributed by atoms with E-state index in [0.29, 0.717) is 32.2 Å². The van der Waals surface area contributed by atoms with Gasteiger partial charge < -0.3 is 4.90 Å². The zero-order chi connectivity index (χ0) is 18.5. The molecule has 1 fully saturated rings. The molecule has 6 nitrogen and oxygen atoms in total. The lowest BCUT2D eigenvalue weighted by Gasteiger charge is -2.49. The van der Waals surface area contributed by atoms with Crippen molar-refractivity contribution >= 4 is 21.8 Å². The minimum Gasteiger partial charge on any atom is -0.328 e. The van der Waals surface area contributed by atoms with Crippen LogP contribution in [0.5, 0.6) is 0 Å². The highest BCUT2D eigenvalue weighted by Crippen LogP contribution is 2.31. The van der Waals surface area contributed by atoms with E-state index in [9.17, 15) is 18.0 Å². The molecule has 25 heavy (non-hydrogen) atoms. The number of unbranched alkanes of at least 4 members (excludes halogenated alkanes) is 1. The first-order valence-corrected chi connectivity index (χ1v) is 10.3. The smallest absolute Gasteiger partial charge is 0.259 e. The molecule has 0 spiro atoms. The maximum absolute atomic E-state index is 12.5. The molecule has 2 amide bonds. The van der Waals surface area contributed by atoms with Crippen LogP contribution in [0.3, 0.4) is 0 Å². The SMILES string of the molecule is CCCCS(=O)(=O)NC(=O)C1(C)CCN1C(=O)CCc1ccccc1. The summed E-state index contributed by atoms with van der Waals surface area (Å²) >= 11 is 0. The Morgan fingerprint density at radius 1 is 1.24 bits per heavy atom. The van der Waals surface area contributed by atoms with Gasteiger partial charge in [0.15, 0.2) is 0 Å². The second-order valence-electron chi connectivity index (χ2n) is 6.66. The number of carbonyl (C=O) groups excluding carboxylic acids is 2. The Labute approximate surface area is 149 Å². The number of sulfonamides is 1. The average Bonchev–Trinajstić information content (AvgIpc) is 2.57. The first-order chi connectivity index (χ1) is 11.8. The van der Waals surface area contributed by atoms with Crippen LogP contribution < -0.4 is 4.72 Å². The monoisotopic (exact) mass is 366 g/mol. The summed E-state index contributed by atoms with van der Waals surface area (Å²) in [5.74, 6) is -0.811. The first kappa shape index (κ1) is 19.4. The normalized spacial score (nSPS) is 20.0. The number of benzene rings is 1. The second kappa shape index (κ2) is 7.99. The molecule has 0 aromatic heterocycles. The summed E-state index contributed by atoms with van der Waals surface area (Å²) in [5.41, 5.74) is -0.0165. The summed E-state index contributed by atoms with van der Waals surface area (Å²) in [6.45, 7) is 3.99. The average molecular weight is 366 g/mol. The third-order valence-corrected chi connectivity index (χ3v) is 6.02. The van der Waals surface area contributed by atoms with Gasteiger partial charge in [-0.15, -0.1) is 0 Å². The molecule has 1 atom stereocenters. The molecular formula is C18H26N2O4S. The van der Waals surface area contributed by atoms with Gasteiger partial charge in [-0.3, -0.25) is 14.3 Å². The quantitative estimate of drug-likeness (QED) is 0.761. The maximum atomic E-state index is 12.5. The molecule has 1 heterocycles. The van der Waals surface area contributed by atoms with Crippen LogP contribution in [-0.2, 0) is 26.0 Å². The lowest BCUT2D eigenvalue weighted by molar-refractivity contribution is -0.156. The van der Waals surface area contributed by atoms with Gasteiger partial charge in [-0.25, -0.2) is 8.42 Å². The largest absolute Gasteiger partial charge is 0.328 e. The van der Waals surface area contributed by atoms with E-state index in [4.69, 9.17) is 0 Å². The van der Waals surface area contributed by atoms with E-state index >= 15 is 0 Å². The van der Waals surface area contributed by atoms with E-state index in [-0.39, 0.29) is 11.7 Å². The van der Waals surface area contributed by atoms with Crippen LogP contribution in [0.1, 0.15) is 45.1 Å². The zero-order valence-corrected chi connectivity index (χ0v) is 15.6. The zero-order valence-electron chi connectivity index (χ0n) is 14.8. The van der Waals surface area contributed by atoms with Crippen LogP contribution in [0.15, 0.2) is 30.3 Å². The van der Waals surface area contributed by atoms with Crippen LogP contribution in [-0.4, -0.2) is 43.0 Å². The van der Waals surface area contributed by atoms with E-state index in [0.717, 1.165) is 12.0 Å². The van der Waals surface area contributed by atoms with E-state index in [1.807, 2.05) is 37.3 Å². The van der Waals surface area contributed by atoms with Crippen LogP contribution in [0, 0.1) is 0 Å². The summed E-state index contributed by atoms with van der Waals surface area (Å²) < 4.78 is 26.0. The van der Waals surface area contributed by atoms with Gasteiger partial charge in [-0.2, -0.15) is 0 Å². The second-order valence-corrected chi connectivity index (χ2v) is 8.50. The molecule has 1 unspecified atom stereocenters. The number of likely N-dealkylation sites (tertiary alicyclic amines) is 1. The number of aryl methyl sites for hydroxylation is 1. The highest BCUT2D eigenvalue weighted by Gasteiger charge is 2.49. The number of carbonyl (C=O) groups is 2. The molecule has 0 radical (unpaired) electrons. The van der Waals surface area contributed by atoms with Gasteiger partial charge in [0.05, 0.1) is 5.75 Å². The standard InChI is InChI=1S/C18H26N2O4S/c1-3-4-14-25(23,24)19-17(22)18(2)12-13-20(18)16(21)11-10-15-8-6-5-7-9-15/h5-9H,3-4,10-14H2,1-2H3,(H,19,22). The third kappa shape index (κ3) is 4.81. The molecule has 0 bridgehead atoms. The number of nitrogens with one attached hydrogen (secondary N) is 1. The molecule has 1 aliphatic rings. The van der Waals surface area contributed by atoms with E-state index in [2.05, 4.69) is 4.72 Å². The Hall–Kier alpha value is -1.89. The molecule has 2 rings (SSSR count). The van der Waals surface area contributed by atoms with Gasteiger partial charge in [0.25, 0.3) is 5.91 Å². The molecule has 0 aliphatic carbocycles. The van der Waals surface area contributed by atoms with Crippen molar-refractivity contribution in [1.29, 1.82) is 0 Å². The van der Waals surface area contributed by atoms with Crippen molar-refractivity contribution < 1.29 is 18.0 Å². The van der Waals surface area contributed by atoms with Gasteiger partial charge in [0, 0.05) is 13.0 Å². The Bertz CT molecular complexity index is 718. The van der Waals surface area contributed by atoms with Crippen LogP contribution in [0.4, 0.5) is 0 Å². The summed E-state index contributed by atoms with van der Waals surface area (Å²) in [7, 11) is -3.64. The van der Waals surface area contributed by atoms with Gasteiger partial charge in [-0.05, 0) is 31.7 Å². The van der Waals surface area contributed by atoms with Crippen molar-refractivity contribution in [3.63, 3.8) is 0 Å². The summed E-state index contributed by atoms with van der Waals surface area (Å²) in [5, 5.41) is 0. The lowest BCUT2D eigenvalue weighted by Crippen LogP contribution is -2.68. The molecule has 1 aromatic rings. The number of hydrogen-bond acceptors (Lipinski definition) is 4. The van der Waals surface area contributed by atoms with Crippen molar-refractivity contribution in [1.82, 2.24) is 9.62 Å². The Kier molecular flexibility index (Phi) is 6.21. The molecule has 1 aromatic carbocycles. The van der Waals surface area contributed by atoms with E-state index in [1.54, 1.807) is 6.92 Å². The van der Waals surface area contributed by atoms with Gasteiger partial charge in [0.1, 0.15) is 5.54 Å². The molecule has 138 valence electrons. The summed E-state index contributed by atoms with van der Waals surface area (Å²) in [6, 6.07) is 9.66. The fourth-order valence-electron chi connectivity index (χ4n) is 2.86. The highest BCUT2D eigenvalue weighted by atomic mass is 32.2. The highest BCUT2D eigenvalue weighted by molar-refractivity contribution is 7.90. The van der Waals surface area contributed by atoms with E-state index in [1.165, 1.54) is 4.90 Å². The Morgan fingerprint density at radius 2 is 1.92 bits per heavy atom. The fraction of sp³-hybridized carbons (Fsp3) is 0.556. The lowest BCUT2D eigenvalue weighted by atomic mass is 9.85. The summed E-state index contributed by atoms with van der Waals surface area (Å²) in [6.07, 6.45) is 2.60. The minimum absolute atomic E-state index is 0.0761. The van der Waals surface area contributed by atoms with Crippen molar-refractivity contribution in [2.24, 2.45) is 0 Å². The maximum Gasteiger partial charge on any atom is 0.259 e. The van der Waals surface area contributed by atoms with Gasteiger partial charge >= 0.3 is 0 Å². The molecule has 1 N–H and O–H groups in total. The Balaban J connectivity index is 1.94. The van der Waals surface area contributed by atoms with Gasteiger partial charge in [-0.1, -0.05) is 43.7 Å². The molecule has 1 aliphatic heterocycles. The van der Waals surface area contributed by atoms with Crippen LogP contribution in [0.2, 0.25) is 0 Å². The fourth-order valence-corrected chi connectivity index (χ4v) is 4.14. The number of amides is 2.